The molecular weight excluding hydrogens is 256 g/mol. The Bertz CT molecular complexity index is 432. The summed E-state index contributed by atoms with van der Waals surface area (Å²) >= 11 is 0. The Morgan fingerprint density at radius 1 is 1.40 bits per heavy atom. The first-order chi connectivity index (χ1) is 9.38. The van der Waals surface area contributed by atoms with Gasteiger partial charge in [0.2, 0.25) is 0 Å². The Labute approximate surface area is 120 Å². The van der Waals surface area contributed by atoms with Gasteiger partial charge in [0, 0.05) is 25.2 Å². The average molecular weight is 282 g/mol. The fraction of sp³-hybridized carbons (Fsp3) is 0.714. The quantitative estimate of drug-likeness (QED) is 0.771. The van der Waals surface area contributed by atoms with Gasteiger partial charge >= 0.3 is 5.97 Å². The topological polar surface area (TPSA) is 73.4 Å². The third-order valence-corrected chi connectivity index (χ3v) is 3.27. The maximum Gasteiger partial charge on any atom is 0.360 e. The maximum atomic E-state index is 11.6. The number of carbonyl (C=O) groups is 1. The van der Waals surface area contributed by atoms with Gasteiger partial charge in [-0.1, -0.05) is 0 Å². The van der Waals surface area contributed by atoms with Crippen LogP contribution in [0.15, 0.2) is 6.33 Å². The van der Waals surface area contributed by atoms with E-state index in [0.717, 1.165) is 6.54 Å². The second kappa shape index (κ2) is 7.28. The van der Waals surface area contributed by atoms with Crippen molar-refractivity contribution in [3.63, 3.8) is 0 Å². The number of ether oxygens (including phenoxy) is 1. The van der Waals surface area contributed by atoms with E-state index in [-0.39, 0.29) is 5.69 Å². The van der Waals surface area contributed by atoms with Gasteiger partial charge < -0.3 is 15.0 Å². The zero-order chi connectivity index (χ0) is 15.3. The van der Waals surface area contributed by atoms with E-state index in [1.54, 1.807) is 17.8 Å². The molecule has 6 heteroatoms. The van der Waals surface area contributed by atoms with E-state index in [1.165, 1.54) is 0 Å². The number of nitrogen functional groups attached to an aromatic ring is 1. The van der Waals surface area contributed by atoms with Gasteiger partial charge in [-0.25, -0.2) is 9.78 Å². The van der Waals surface area contributed by atoms with E-state index in [9.17, 15) is 4.79 Å². The molecule has 1 heterocycles. The average Bonchev–Trinajstić information content (AvgIpc) is 2.70. The zero-order valence-corrected chi connectivity index (χ0v) is 13.1. The summed E-state index contributed by atoms with van der Waals surface area (Å²) in [6.45, 7) is 12.3. The van der Waals surface area contributed by atoms with Crippen LogP contribution in [0.4, 0.5) is 5.82 Å². The van der Waals surface area contributed by atoms with Crippen LogP contribution in [0, 0.1) is 0 Å². The predicted molar refractivity (Wildman–Crippen MR) is 79.6 cm³/mol. The van der Waals surface area contributed by atoms with Gasteiger partial charge in [-0.3, -0.25) is 4.90 Å². The number of anilines is 1. The number of esters is 1. The van der Waals surface area contributed by atoms with Crippen molar-refractivity contribution in [2.75, 3.05) is 18.9 Å². The highest BCUT2D eigenvalue weighted by Gasteiger charge is 2.18. The fourth-order valence-corrected chi connectivity index (χ4v) is 2.26. The molecular formula is C14H26N4O2. The van der Waals surface area contributed by atoms with Crippen LogP contribution in [0.5, 0.6) is 0 Å². The first-order valence-electron chi connectivity index (χ1n) is 7.11. The van der Waals surface area contributed by atoms with E-state index >= 15 is 0 Å². The van der Waals surface area contributed by atoms with Crippen molar-refractivity contribution in [2.24, 2.45) is 0 Å². The zero-order valence-electron chi connectivity index (χ0n) is 13.1. The molecule has 1 rings (SSSR count). The Balaban J connectivity index is 2.72. The molecule has 0 aromatic carbocycles. The molecule has 0 radical (unpaired) electrons. The van der Waals surface area contributed by atoms with E-state index < -0.39 is 5.97 Å². The van der Waals surface area contributed by atoms with Crippen molar-refractivity contribution in [1.82, 2.24) is 14.5 Å². The number of aromatic nitrogens is 2. The van der Waals surface area contributed by atoms with Crippen molar-refractivity contribution < 1.29 is 9.53 Å². The predicted octanol–water partition coefficient (Wildman–Crippen LogP) is 1.76. The van der Waals surface area contributed by atoms with Gasteiger partial charge in [0.25, 0.3) is 0 Å². The van der Waals surface area contributed by atoms with Crippen LogP contribution < -0.4 is 5.73 Å². The lowest BCUT2D eigenvalue weighted by Gasteiger charge is -2.30. The van der Waals surface area contributed by atoms with Gasteiger partial charge in [-0.2, -0.15) is 0 Å². The lowest BCUT2D eigenvalue weighted by Crippen LogP contribution is -2.39. The number of imidazole rings is 1. The van der Waals surface area contributed by atoms with Crippen LogP contribution >= 0.6 is 0 Å². The third kappa shape index (κ3) is 3.96. The minimum absolute atomic E-state index is 0.201. The number of hydrogen-bond donors (Lipinski definition) is 1. The van der Waals surface area contributed by atoms with Gasteiger partial charge in [0.05, 0.1) is 12.9 Å². The van der Waals surface area contributed by atoms with Crippen LogP contribution in [-0.2, 0) is 11.3 Å². The summed E-state index contributed by atoms with van der Waals surface area (Å²) in [5.74, 6) is -0.0933. The molecule has 0 atom stereocenters. The smallest absolute Gasteiger partial charge is 0.360 e. The van der Waals surface area contributed by atoms with E-state index in [2.05, 4.69) is 37.6 Å². The number of nitrogens with zero attached hydrogens (tertiary/aromatic N) is 3. The number of carbonyl (C=O) groups excluding carboxylic acids is 1. The molecule has 0 saturated heterocycles. The molecule has 1 aromatic heterocycles. The monoisotopic (exact) mass is 282 g/mol. The molecule has 0 spiro atoms. The first kappa shape index (κ1) is 16.5. The second-order valence-electron chi connectivity index (χ2n) is 5.32. The Morgan fingerprint density at radius 3 is 2.50 bits per heavy atom. The molecule has 1 aromatic rings. The SMILES string of the molecule is CCOC(=O)c1ncn(CCN(C(C)C)C(C)C)c1N. The summed E-state index contributed by atoms with van der Waals surface area (Å²) < 4.78 is 6.71. The first-order valence-corrected chi connectivity index (χ1v) is 7.11. The van der Waals surface area contributed by atoms with Crippen molar-refractivity contribution >= 4 is 11.8 Å². The van der Waals surface area contributed by atoms with Gasteiger partial charge in [0.15, 0.2) is 5.69 Å². The molecule has 114 valence electrons. The van der Waals surface area contributed by atoms with Crippen molar-refractivity contribution in [3.05, 3.63) is 12.0 Å². The van der Waals surface area contributed by atoms with Crippen LogP contribution in [-0.4, -0.2) is 45.7 Å². The highest BCUT2D eigenvalue weighted by molar-refractivity contribution is 5.92. The fourth-order valence-electron chi connectivity index (χ4n) is 2.26. The summed E-state index contributed by atoms with van der Waals surface area (Å²) in [6.07, 6.45) is 1.60. The summed E-state index contributed by atoms with van der Waals surface area (Å²) in [6, 6.07) is 0.925. The Hall–Kier alpha value is -1.56. The Kier molecular flexibility index (Phi) is 6.01. The standard InChI is InChI=1S/C14H26N4O2/c1-6-20-14(19)12-13(15)17(9-16-12)7-8-18(10(2)3)11(4)5/h9-11H,6-8,15H2,1-5H3. The molecule has 0 bridgehead atoms. The summed E-state index contributed by atoms with van der Waals surface area (Å²) in [5, 5.41) is 0. The largest absolute Gasteiger partial charge is 0.461 e. The number of rotatable bonds is 7. The van der Waals surface area contributed by atoms with Crippen molar-refractivity contribution in [1.29, 1.82) is 0 Å². The minimum atomic E-state index is -0.465. The van der Waals surface area contributed by atoms with Gasteiger partial charge in [0.1, 0.15) is 5.82 Å². The highest BCUT2D eigenvalue weighted by Crippen LogP contribution is 2.13. The van der Waals surface area contributed by atoms with Gasteiger partial charge in [-0.05, 0) is 34.6 Å². The molecule has 6 nitrogen and oxygen atoms in total. The normalized spacial score (nSPS) is 11.6. The second-order valence-corrected chi connectivity index (χ2v) is 5.32. The molecule has 0 fully saturated rings. The summed E-state index contributed by atoms with van der Waals surface area (Å²) in [5.41, 5.74) is 6.16. The molecule has 2 N–H and O–H groups in total. The van der Waals surface area contributed by atoms with Crippen molar-refractivity contribution in [3.8, 4) is 0 Å². The minimum Gasteiger partial charge on any atom is -0.461 e. The molecule has 0 aliphatic rings. The molecule has 0 unspecified atom stereocenters. The van der Waals surface area contributed by atoms with E-state index in [1.807, 2.05) is 0 Å². The van der Waals surface area contributed by atoms with E-state index in [0.29, 0.717) is 31.1 Å². The summed E-state index contributed by atoms with van der Waals surface area (Å²) in [7, 11) is 0. The van der Waals surface area contributed by atoms with Crippen LogP contribution in [0.25, 0.3) is 0 Å². The highest BCUT2D eigenvalue weighted by atomic mass is 16.5. The molecule has 0 amide bonds. The van der Waals surface area contributed by atoms with Gasteiger partial charge in [-0.15, -0.1) is 0 Å². The molecule has 0 aliphatic carbocycles. The van der Waals surface area contributed by atoms with Crippen LogP contribution in [0.1, 0.15) is 45.1 Å². The number of hydrogen-bond acceptors (Lipinski definition) is 5. The molecule has 20 heavy (non-hydrogen) atoms. The third-order valence-electron chi connectivity index (χ3n) is 3.27. The maximum absolute atomic E-state index is 11.6. The van der Waals surface area contributed by atoms with Crippen molar-refractivity contribution in [2.45, 2.75) is 53.2 Å². The lowest BCUT2D eigenvalue weighted by atomic mass is 10.2. The van der Waals surface area contributed by atoms with E-state index in [4.69, 9.17) is 10.5 Å². The molecule has 0 aliphatic heterocycles. The van der Waals surface area contributed by atoms with Crippen LogP contribution in [0.3, 0.4) is 0 Å². The van der Waals surface area contributed by atoms with Crippen LogP contribution in [0.2, 0.25) is 0 Å². The molecule has 0 saturated carbocycles. The lowest BCUT2D eigenvalue weighted by molar-refractivity contribution is 0.0521. The number of nitrogens with two attached hydrogens (primary N) is 1. The summed E-state index contributed by atoms with van der Waals surface area (Å²) in [4.78, 5) is 18.1. The Morgan fingerprint density at radius 2 is 2.00 bits per heavy atom.